The fourth-order valence-electron chi connectivity index (χ4n) is 4.39. The lowest BCUT2D eigenvalue weighted by molar-refractivity contribution is -0.173. The number of rotatable bonds is 6. The molecule has 0 radical (unpaired) electrons. The Morgan fingerprint density at radius 3 is 2.80 bits per heavy atom. The van der Waals surface area contributed by atoms with Gasteiger partial charge in [0.2, 0.25) is 0 Å². The van der Waals surface area contributed by atoms with Crippen LogP contribution in [0.4, 0.5) is 0 Å². The molecule has 1 aliphatic heterocycles. The Kier molecular flexibility index (Phi) is 4.88. The van der Waals surface area contributed by atoms with Crippen LogP contribution in [-0.2, 0) is 16.0 Å². The molecule has 5 heteroatoms. The predicted octanol–water partition coefficient (Wildman–Crippen LogP) is 2.94. The summed E-state index contributed by atoms with van der Waals surface area (Å²) in [6.45, 7) is 5.40. The van der Waals surface area contributed by atoms with Crippen LogP contribution in [0.25, 0.3) is 5.69 Å². The van der Waals surface area contributed by atoms with Gasteiger partial charge in [-0.15, -0.1) is 0 Å². The number of hydrogen-bond donors (Lipinski definition) is 1. The van der Waals surface area contributed by atoms with Gasteiger partial charge in [-0.25, -0.2) is 4.68 Å². The molecule has 2 aliphatic rings. The van der Waals surface area contributed by atoms with E-state index in [9.17, 15) is 0 Å². The van der Waals surface area contributed by atoms with Crippen LogP contribution in [-0.4, -0.2) is 41.7 Å². The van der Waals surface area contributed by atoms with E-state index in [-0.39, 0.29) is 5.41 Å². The van der Waals surface area contributed by atoms with E-state index in [2.05, 4.69) is 35.5 Å². The number of ether oxygens (including phenoxy) is 2. The van der Waals surface area contributed by atoms with E-state index in [1.54, 1.807) is 0 Å². The second-order valence-corrected chi connectivity index (χ2v) is 7.03. The number of benzene rings is 1. The molecule has 1 spiro atoms. The molecule has 1 aliphatic carbocycles. The molecule has 2 atom stereocenters. The third-order valence-corrected chi connectivity index (χ3v) is 5.83. The SMILES string of the molecule is CCO[C@@H]1C[C@H](NCc2ccnn2-c2ccccc2)C12CCOCC2. The lowest BCUT2D eigenvalue weighted by Crippen LogP contribution is -2.65. The van der Waals surface area contributed by atoms with E-state index in [0.29, 0.717) is 12.1 Å². The Bertz CT molecular complexity index is 679. The van der Waals surface area contributed by atoms with Gasteiger partial charge in [0.05, 0.1) is 17.5 Å². The summed E-state index contributed by atoms with van der Waals surface area (Å²) in [5.41, 5.74) is 2.53. The summed E-state index contributed by atoms with van der Waals surface area (Å²) in [5.74, 6) is 0. The van der Waals surface area contributed by atoms with Crippen molar-refractivity contribution < 1.29 is 9.47 Å². The molecule has 5 nitrogen and oxygen atoms in total. The van der Waals surface area contributed by atoms with Crippen molar-refractivity contribution >= 4 is 0 Å². The highest BCUT2D eigenvalue weighted by atomic mass is 16.5. The highest BCUT2D eigenvalue weighted by molar-refractivity contribution is 5.32. The van der Waals surface area contributed by atoms with Crippen LogP contribution in [0, 0.1) is 5.41 Å². The van der Waals surface area contributed by atoms with Gasteiger partial charge in [-0.3, -0.25) is 0 Å². The molecule has 2 heterocycles. The minimum absolute atomic E-state index is 0.242. The summed E-state index contributed by atoms with van der Waals surface area (Å²) in [7, 11) is 0. The monoisotopic (exact) mass is 341 g/mol. The Labute approximate surface area is 149 Å². The highest BCUT2D eigenvalue weighted by Gasteiger charge is 2.55. The fraction of sp³-hybridized carbons (Fsp3) is 0.550. The topological polar surface area (TPSA) is 48.3 Å². The molecule has 1 saturated heterocycles. The third-order valence-electron chi connectivity index (χ3n) is 5.83. The smallest absolute Gasteiger partial charge is 0.0662 e. The van der Waals surface area contributed by atoms with Gasteiger partial charge in [0, 0.05) is 44.0 Å². The summed E-state index contributed by atoms with van der Waals surface area (Å²) in [5, 5.41) is 8.27. The number of aromatic nitrogens is 2. The molecule has 1 saturated carbocycles. The van der Waals surface area contributed by atoms with E-state index >= 15 is 0 Å². The Morgan fingerprint density at radius 2 is 2.04 bits per heavy atom. The molecule has 2 aromatic rings. The maximum atomic E-state index is 6.02. The summed E-state index contributed by atoms with van der Waals surface area (Å²) < 4.78 is 13.6. The molecule has 1 aromatic heterocycles. The minimum Gasteiger partial charge on any atom is -0.381 e. The van der Waals surface area contributed by atoms with Gasteiger partial charge in [-0.1, -0.05) is 18.2 Å². The van der Waals surface area contributed by atoms with E-state index in [0.717, 1.165) is 51.3 Å². The van der Waals surface area contributed by atoms with Crippen molar-refractivity contribution in [2.75, 3.05) is 19.8 Å². The van der Waals surface area contributed by atoms with E-state index in [1.807, 2.05) is 29.1 Å². The van der Waals surface area contributed by atoms with Crippen molar-refractivity contribution in [1.82, 2.24) is 15.1 Å². The molecular formula is C20H27N3O2. The molecule has 0 unspecified atom stereocenters. The first-order chi connectivity index (χ1) is 12.3. The summed E-state index contributed by atoms with van der Waals surface area (Å²) in [4.78, 5) is 0. The number of nitrogens with zero attached hydrogens (tertiary/aromatic N) is 2. The third kappa shape index (κ3) is 3.12. The Hall–Kier alpha value is -1.69. The first kappa shape index (κ1) is 16.8. The van der Waals surface area contributed by atoms with Crippen LogP contribution in [0.3, 0.4) is 0 Å². The van der Waals surface area contributed by atoms with Gasteiger partial charge in [0.1, 0.15) is 0 Å². The highest BCUT2D eigenvalue weighted by Crippen LogP contribution is 2.50. The molecule has 4 rings (SSSR count). The van der Waals surface area contributed by atoms with Crippen molar-refractivity contribution in [3.8, 4) is 5.69 Å². The summed E-state index contributed by atoms with van der Waals surface area (Å²) in [6, 6.07) is 12.9. The minimum atomic E-state index is 0.242. The maximum Gasteiger partial charge on any atom is 0.0662 e. The van der Waals surface area contributed by atoms with Gasteiger partial charge >= 0.3 is 0 Å². The normalized spacial score (nSPS) is 25.0. The zero-order valence-corrected chi connectivity index (χ0v) is 14.9. The second kappa shape index (κ2) is 7.28. The zero-order chi connectivity index (χ0) is 17.1. The average Bonchev–Trinajstić information content (AvgIpc) is 3.14. The molecule has 1 aromatic carbocycles. The maximum absolute atomic E-state index is 6.02. The molecule has 0 bridgehead atoms. The van der Waals surface area contributed by atoms with Crippen molar-refractivity contribution in [3.05, 3.63) is 48.3 Å². The molecule has 0 amide bonds. The van der Waals surface area contributed by atoms with Crippen LogP contribution in [0.15, 0.2) is 42.6 Å². The quantitative estimate of drug-likeness (QED) is 0.878. The van der Waals surface area contributed by atoms with Gasteiger partial charge in [0.25, 0.3) is 0 Å². The molecule has 1 N–H and O–H groups in total. The van der Waals surface area contributed by atoms with Crippen molar-refractivity contribution in [3.63, 3.8) is 0 Å². The number of para-hydroxylation sites is 1. The first-order valence-electron chi connectivity index (χ1n) is 9.34. The standard InChI is InChI=1S/C20H27N3O2/c1-2-25-19-14-18(20(19)9-12-24-13-10-20)21-15-17-8-11-22-23(17)16-6-4-3-5-7-16/h3-8,11,18-19,21H,2,9-10,12-15H2,1H3/t18-,19+/m0/s1. The van der Waals surface area contributed by atoms with Gasteiger partial charge in [-0.05, 0) is 44.4 Å². The Balaban J connectivity index is 1.44. The predicted molar refractivity (Wildman–Crippen MR) is 96.7 cm³/mol. The van der Waals surface area contributed by atoms with Crippen LogP contribution >= 0.6 is 0 Å². The molecule has 25 heavy (non-hydrogen) atoms. The van der Waals surface area contributed by atoms with E-state index in [1.165, 1.54) is 5.69 Å². The van der Waals surface area contributed by atoms with Crippen LogP contribution in [0.5, 0.6) is 0 Å². The largest absolute Gasteiger partial charge is 0.381 e. The average molecular weight is 341 g/mol. The van der Waals surface area contributed by atoms with Crippen LogP contribution in [0.2, 0.25) is 0 Å². The van der Waals surface area contributed by atoms with E-state index < -0.39 is 0 Å². The van der Waals surface area contributed by atoms with Gasteiger partial charge in [0.15, 0.2) is 0 Å². The molecular weight excluding hydrogens is 314 g/mol. The lowest BCUT2D eigenvalue weighted by atomic mass is 9.57. The second-order valence-electron chi connectivity index (χ2n) is 7.03. The summed E-state index contributed by atoms with van der Waals surface area (Å²) in [6.07, 6.45) is 5.52. The van der Waals surface area contributed by atoms with Gasteiger partial charge < -0.3 is 14.8 Å². The number of nitrogens with one attached hydrogen (secondary N) is 1. The lowest BCUT2D eigenvalue weighted by Gasteiger charge is -2.57. The first-order valence-corrected chi connectivity index (χ1v) is 9.34. The van der Waals surface area contributed by atoms with Crippen LogP contribution in [0.1, 0.15) is 31.9 Å². The molecule has 2 fully saturated rings. The van der Waals surface area contributed by atoms with Crippen molar-refractivity contribution in [2.24, 2.45) is 5.41 Å². The van der Waals surface area contributed by atoms with E-state index in [4.69, 9.17) is 9.47 Å². The number of hydrogen-bond acceptors (Lipinski definition) is 4. The van der Waals surface area contributed by atoms with Crippen molar-refractivity contribution in [2.45, 2.75) is 44.9 Å². The molecule has 134 valence electrons. The fourth-order valence-corrected chi connectivity index (χ4v) is 4.39. The Morgan fingerprint density at radius 1 is 1.24 bits per heavy atom. The van der Waals surface area contributed by atoms with Crippen LogP contribution < -0.4 is 5.32 Å². The van der Waals surface area contributed by atoms with Gasteiger partial charge in [-0.2, -0.15) is 5.10 Å². The zero-order valence-electron chi connectivity index (χ0n) is 14.9. The summed E-state index contributed by atoms with van der Waals surface area (Å²) >= 11 is 0. The van der Waals surface area contributed by atoms with Crippen molar-refractivity contribution in [1.29, 1.82) is 0 Å².